The summed E-state index contributed by atoms with van der Waals surface area (Å²) < 4.78 is 2.09. The highest BCUT2D eigenvalue weighted by molar-refractivity contribution is 7.99. The number of benzene rings is 2. The fourth-order valence-electron chi connectivity index (χ4n) is 4.64. The van der Waals surface area contributed by atoms with E-state index in [1.165, 1.54) is 17.3 Å². The summed E-state index contributed by atoms with van der Waals surface area (Å²) in [5, 5.41) is 1.10. The smallest absolute Gasteiger partial charge is 0.211 e. The van der Waals surface area contributed by atoms with E-state index >= 15 is 0 Å². The Bertz CT molecular complexity index is 1230. The van der Waals surface area contributed by atoms with E-state index in [9.17, 15) is 0 Å². The zero-order valence-corrected chi connectivity index (χ0v) is 20.2. The molecule has 1 aliphatic rings. The number of halogens is 2. The molecule has 32 heavy (non-hydrogen) atoms. The molecular formula is C25H24Cl2N4S. The van der Waals surface area contributed by atoms with Gasteiger partial charge in [-0.1, -0.05) is 78.3 Å². The average Bonchev–Trinajstić information content (AvgIpc) is 3.33. The van der Waals surface area contributed by atoms with E-state index < -0.39 is 0 Å². The molecule has 0 atom stereocenters. The fourth-order valence-corrected chi connectivity index (χ4v) is 6.05. The number of fused-ring (bicyclic) bond motifs is 1. The lowest BCUT2D eigenvalue weighted by Crippen LogP contribution is -2.43. The molecule has 0 aliphatic carbocycles. The van der Waals surface area contributed by atoms with E-state index in [0.29, 0.717) is 10.0 Å². The summed E-state index contributed by atoms with van der Waals surface area (Å²) in [4.78, 5) is 13.7. The summed E-state index contributed by atoms with van der Waals surface area (Å²) in [5.74, 6) is 0.941. The third kappa shape index (κ3) is 3.87. The summed E-state index contributed by atoms with van der Waals surface area (Å²) in [6.07, 6.45) is 9.09. The van der Waals surface area contributed by atoms with Crippen LogP contribution in [0.25, 0.3) is 5.65 Å². The minimum Gasteiger partial charge on any atom is -0.342 e. The molecule has 7 heteroatoms. The van der Waals surface area contributed by atoms with Gasteiger partial charge in [-0.05, 0) is 42.4 Å². The zero-order chi connectivity index (χ0) is 22.1. The maximum atomic E-state index is 6.40. The first-order chi connectivity index (χ1) is 15.6. The van der Waals surface area contributed by atoms with Crippen LogP contribution in [0.5, 0.6) is 0 Å². The molecular weight excluding hydrogens is 459 g/mol. The van der Waals surface area contributed by atoms with Crippen molar-refractivity contribution in [2.45, 2.75) is 41.4 Å². The average molecular weight is 483 g/mol. The van der Waals surface area contributed by atoms with Crippen LogP contribution in [0.4, 0.5) is 5.95 Å². The molecule has 4 nitrogen and oxygen atoms in total. The summed E-state index contributed by atoms with van der Waals surface area (Å²) in [7, 11) is 0. The summed E-state index contributed by atoms with van der Waals surface area (Å²) in [5.41, 5.74) is 2.57. The van der Waals surface area contributed by atoms with E-state index in [4.69, 9.17) is 28.2 Å². The topological polar surface area (TPSA) is 33.4 Å². The van der Waals surface area contributed by atoms with Gasteiger partial charge in [-0.3, -0.25) is 4.40 Å². The standard InChI is InChI=1S/C25H24Cl2N4S/c1-2-25(18-7-4-3-5-8-18)11-14-30(15-12-25)24-29-17-21(23-28-13-16-31(23)24)32-20-10-6-9-19(26)22(20)27/h3-10,13,16-17H,2,11-12,14-15H2,1H3. The third-order valence-corrected chi connectivity index (χ3v) is 8.58. The van der Waals surface area contributed by atoms with E-state index in [1.54, 1.807) is 6.07 Å². The Balaban J connectivity index is 1.41. The van der Waals surface area contributed by atoms with Crippen LogP contribution in [0, 0.1) is 0 Å². The van der Waals surface area contributed by atoms with Gasteiger partial charge in [0.15, 0.2) is 5.65 Å². The lowest BCUT2D eigenvalue weighted by molar-refractivity contribution is 0.318. The molecule has 1 fully saturated rings. The van der Waals surface area contributed by atoms with E-state index in [-0.39, 0.29) is 5.41 Å². The first-order valence-electron chi connectivity index (χ1n) is 10.9. The lowest BCUT2D eigenvalue weighted by Gasteiger charge is -2.42. The predicted molar refractivity (Wildman–Crippen MR) is 133 cm³/mol. The van der Waals surface area contributed by atoms with Crippen LogP contribution in [0.1, 0.15) is 31.7 Å². The van der Waals surface area contributed by atoms with Gasteiger partial charge in [-0.15, -0.1) is 0 Å². The normalized spacial score (nSPS) is 15.9. The van der Waals surface area contributed by atoms with Crippen LogP contribution in [-0.2, 0) is 5.41 Å². The monoisotopic (exact) mass is 482 g/mol. The quantitative estimate of drug-likeness (QED) is 0.302. The van der Waals surface area contributed by atoms with Gasteiger partial charge in [0.1, 0.15) is 0 Å². The molecule has 0 bridgehead atoms. The molecule has 1 saturated heterocycles. The molecule has 2 aromatic heterocycles. The van der Waals surface area contributed by atoms with E-state index in [2.05, 4.69) is 51.5 Å². The van der Waals surface area contributed by atoms with Gasteiger partial charge >= 0.3 is 0 Å². The van der Waals surface area contributed by atoms with Crippen molar-refractivity contribution in [3.8, 4) is 0 Å². The van der Waals surface area contributed by atoms with Crippen molar-refractivity contribution in [3.05, 3.63) is 82.7 Å². The highest BCUT2D eigenvalue weighted by atomic mass is 35.5. The molecule has 5 rings (SSSR count). The number of anilines is 1. The van der Waals surface area contributed by atoms with Crippen molar-refractivity contribution in [1.29, 1.82) is 0 Å². The molecule has 0 amide bonds. The van der Waals surface area contributed by atoms with Crippen molar-refractivity contribution < 1.29 is 0 Å². The van der Waals surface area contributed by atoms with Gasteiger partial charge in [0, 0.05) is 36.6 Å². The van der Waals surface area contributed by atoms with Crippen LogP contribution < -0.4 is 4.90 Å². The number of imidazole rings is 1. The molecule has 2 aromatic carbocycles. The number of hydrogen-bond donors (Lipinski definition) is 0. The van der Waals surface area contributed by atoms with Crippen LogP contribution in [-0.4, -0.2) is 27.5 Å². The molecule has 0 N–H and O–H groups in total. The van der Waals surface area contributed by atoms with E-state index in [0.717, 1.165) is 53.7 Å². The van der Waals surface area contributed by atoms with Crippen LogP contribution in [0.3, 0.4) is 0 Å². The number of rotatable bonds is 5. The van der Waals surface area contributed by atoms with Crippen molar-refractivity contribution in [1.82, 2.24) is 14.4 Å². The van der Waals surface area contributed by atoms with Gasteiger partial charge in [-0.25, -0.2) is 9.97 Å². The Morgan fingerprint density at radius 3 is 2.50 bits per heavy atom. The highest BCUT2D eigenvalue weighted by Gasteiger charge is 2.35. The minimum absolute atomic E-state index is 0.241. The maximum absolute atomic E-state index is 6.40. The first kappa shape index (κ1) is 21.6. The van der Waals surface area contributed by atoms with Crippen molar-refractivity contribution in [2.24, 2.45) is 0 Å². The van der Waals surface area contributed by atoms with Gasteiger partial charge in [0.25, 0.3) is 0 Å². The maximum Gasteiger partial charge on any atom is 0.211 e. The first-order valence-corrected chi connectivity index (χ1v) is 12.4. The van der Waals surface area contributed by atoms with Gasteiger partial charge in [-0.2, -0.15) is 0 Å². The third-order valence-electron chi connectivity index (χ3n) is 6.58. The second-order valence-electron chi connectivity index (χ2n) is 8.18. The van der Waals surface area contributed by atoms with Crippen LogP contribution in [0.2, 0.25) is 10.0 Å². The number of hydrogen-bond acceptors (Lipinski definition) is 4. The largest absolute Gasteiger partial charge is 0.342 e. The Hall–Kier alpha value is -2.21. The molecule has 0 spiro atoms. The number of nitrogens with zero attached hydrogens (tertiary/aromatic N) is 4. The summed E-state index contributed by atoms with van der Waals surface area (Å²) in [6, 6.07) is 16.6. The summed E-state index contributed by atoms with van der Waals surface area (Å²) >= 11 is 14.1. The van der Waals surface area contributed by atoms with Crippen molar-refractivity contribution in [2.75, 3.05) is 18.0 Å². The highest BCUT2D eigenvalue weighted by Crippen LogP contribution is 2.41. The number of piperidine rings is 1. The van der Waals surface area contributed by atoms with Crippen LogP contribution in [0.15, 0.2) is 76.9 Å². The zero-order valence-electron chi connectivity index (χ0n) is 17.8. The predicted octanol–water partition coefficient (Wildman–Crippen LogP) is 7.14. The Labute approximate surface area is 202 Å². The molecule has 3 heterocycles. The Morgan fingerprint density at radius 1 is 0.969 bits per heavy atom. The van der Waals surface area contributed by atoms with Crippen molar-refractivity contribution in [3.63, 3.8) is 0 Å². The van der Waals surface area contributed by atoms with Gasteiger partial charge in [0.2, 0.25) is 5.95 Å². The SMILES string of the molecule is CCC1(c2ccccc2)CCN(c2ncc(Sc3cccc(Cl)c3Cl)c3nccn23)CC1. The lowest BCUT2D eigenvalue weighted by atomic mass is 9.71. The molecule has 0 saturated carbocycles. The molecule has 1 aliphatic heterocycles. The van der Waals surface area contributed by atoms with Crippen LogP contribution >= 0.6 is 35.0 Å². The summed E-state index contributed by atoms with van der Waals surface area (Å²) in [6.45, 7) is 4.24. The molecule has 4 aromatic rings. The van der Waals surface area contributed by atoms with Gasteiger partial charge in [0.05, 0.1) is 14.9 Å². The second kappa shape index (κ2) is 8.97. The Morgan fingerprint density at radius 2 is 1.75 bits per heavy atom. The minimum atomic E-state index is 0.241. The van der Waals surface area contributed by atoms with Gasteiger partial charge < -0.3 is 4.90 Å². The van der Waals surface area contributed by atoms with E-state index in [1.807, 2.05) is 30.7 Å². The number of aromatic nitrogens is 3. The molecule has 164 valence electrons. The molecule has 0 unspecified atom stereocenters. The fraction of sp³-hybridized carbons (Fsp3) is 0.280. The van der Waals surface area contributed by atoms with Crippen molar-refractivity contribution >= 4 is 46.6 Å². The Kier molecular flexibility index (Phi) is 6.06. The molecule has 0 radical (unpaired) electrons. The second-order valence-corrected chi connectivity index (χ2v) is 10.1.